The van der Waals surface area contributed by atoms with E-state index in [1.165, 1.54) is 5.56 Å². The molecule has 1 aromatic heterocycles. The summed E-state index contributed by atoms with van der Waals surface area (Å²) in [6, 6.07) is 17.2. The molecule has 1 aliphatic rings. The Kier molecular flexibility index (Phi) is 6.99. The van der Waals surface area contributed by atoms with Crippen molar-refractivity contribution in [2.24, 2.45) is 0 Å². The van der Waals surface area contributed by atoms with E-state index in [0.29, 0.717) is 48.4 Å². The number of para-hydroxylation sites is 1. The second-order valence-corrected chi connectivity index (χ2v) is 7.83. The van der Waals surface area contributed by atoms with Crippen LogP contribution in [0.3, 0.4) is 0 Å². The highest BCUT2D eigenvalue weighted by atomic mass is 35.5. The van der Waals surface area contributed by atoms with E-state index in [0.717, 1.165) is 6.54 Å². The second kappa shape index (κ2) is 10.3. The van der Waals surface area contributed by atoms with Crippen LogP contribution in [0.2, 0.25) is 5.02 Å². The topological polar surface area (TPSA) is 79.3 Å². The molecule has 0 fully saturated rings. The fourth-order valence-electron chi connectivity index (χ4n) is 3.54. The maximum absolute atomic E-state index is 12.7. The first-order valence-electron chi connectivity index (χ1n) is 10.4. The maximum atomic E-state index is 12.7. The van der Waals surface area contributed by atoms with Gasteiger partial charge in [-0.25, -0.2) is 4.98 Å². The van der Waals surface area contributed by atoms with Gasteiger partial charge in [0.1, 0.15) is 11.5 Å². The Bertz CT molecular complexity index is 1130. The SMILES string of the molecule is O=C(Nc1ccccc1Cl)c1cnc2n1CCN(C(=O)/C=C/CNCc1ccccc1)C2. The molecular formula is C24H24ClN5O2. The first-order valence-corrected chi connectivity index (χ1v) is 10.8. The normalized spacial score (nSPS) is 13.2. The number of benzene rings is 2. The van der Waals surface area contributed by atoms with Crippen LogP contribution in [0.4, 0.5) is 5.69 Å². The fourth-order valence-corrected chi connectivity index (χ4v) is 3.72. The zero-order valence-corrected chi connectivity index (χ0v) is 18.3. The number of aromatic nitrogens is 2. The Morgan fingerprint density at radius 2 is 1.84 bits per heavy atom. The molecule has 2 N–H and O–H groups in total. The van der Waals surface area contributed by atoms with Gasteiger partial charge < -0.3 is 20.1 Å². The highest BCUT2D eigenvalue weighted by molar-refractivity contribution is 6.33. The number of rotatable bonds is 7. The Labute approximate surface area is 191 Å². The molecular weight excluding hydrogens is 426 g/mol. The average molecular weight is 450 g/mol. The molecule has 3 aromatic rings. The van der Waals surface area contributed by atoms with Crippen LogP contribution in [0.15, 0.2) is 72.9 Å². The van der Waals surface area contributed by atoms with Crippen molar-refractivity contribution in [3.63, 3.8) is 0 Å². The number of nitrogens with one attached hydrogen (secondary N) is 2. The lowest BCUT2D eigenvalue weighted by atomic mass is 10.2. The van der Waals surface area contributed by atoms with E-state index in [-0.39, 0.29) is 11.8 Å². The first kappa shape index (κ1) is 21.8. The van der Waals surface area contributed by atoms with Crippen molar-refractivity contribution in [3.05, 3.63) is 95.1 Å². The number of carbonyl (C=O) groups is 2. The molecule has 0 saturated heterocycles. The molecule has 4 rings (SSSR count). The lowest BCUT2D eigenvalue weighted by Gasteiger charge is -2.27. The number of fused-ring (bicyclic) bond motifs is 1. The molecule has 0 saturated carbocycles. The van der Waals surface area contributed by atoms with Crippen molar-refractivity contribution in [1.82, 2.24) is 19.8 Å². The number of amides is 2. The Morgan fingerprint density at radius 3 is 2.66 bits per heavy atom. The Hall–Kier alpha value is -3.42. The number of hydrogen-bond acceptors (Lipinski definition) is 4. The lowest BCUT2D eigenvalue weighted by Crippen LogP contribution is -2.38. The number of hydrogen-bond donors (Lipinski definition) is 2. The third kappa shape index (κ3) is 5.25. The molecule has 0 radical (unpaired) electrons. The summed E-state index contributed by atoms with van der Waals surface area (Å²) in [5, 5.41) is 6.58. The van der Waals surface area contributed by atoms with E-state index in [4.69, 9.17) is 11.6 Å². The van der Waals surface area contributed by atoms with Gasteiger partial charge in [-0.05, 0) is 17.7 Å². The zero-order chi connectivity index (χ0) is 22.3. The standard InChI is InChI=1S/C24H24ClN5O2/c25-19-9-4-5-10-20(19)28-24(32)21-16-27-22-17-29(13-14-30(21)22)23(31)11-6-12-26-15-18-7-2-1-3-8-18/h1-11,16,26H,12-15,17H2,(H,28,32)/b11-6+. The zero-order valence-electron chi connectivity index (χ0n) is 17.5. The van der Waals surface area contributed by atoms with Crippen LogP contribution in [0.5, 0.6) is 0 Å². The summed E-state index contributed by atoms with van der Waals surface area (Å²) in [5.74, 6) is 0.341. The van der Waals surface area contributed by atoms with Gasteiger partial charge in [-0.1, -0.05) is 60.1 Å². The van der Waals surface area contributed by atoms with Gasteiger partial charge in [0.25, 0.3) is 5.91 Å². The van der Waals surface area contributed by atoms with Crippen molar-refractivity contribution in [1.29, 1.82) is 0 Å². The van der Waals surface area contributed by atoms with Crippen molar-refractivity contribution in [2.75, 3.05) is 18.4 Å². The minimum absolute atomic E-state index is 0.0668. The molecule has 7 nitrogen and oxygen atoms in total. The van der Waals surface area contributed by atoms with E-state index < -0.39 is 0 Å². The number of imidazole rings is 1. The molecule has 0 spiro atoms. The molecule has 8 heteroatoms. The number of anilines is 1. The van der Waals surface area contributed by atoms with Crippen LogP contribution >= 0.6 is 11.6 Å². The summed E-state index contributed by atoms with van der Waals surface area (Å²) in [7, 11) is 0. The van der Waals surface area contributed by atoms with Gasteiger partial charge >= 0.3 is 0 Å². The number of nitrogens with zero attached hydrogens (tertiary/aromatic N) is 3. The monoisotopic (exact) mass is 449 g/mol. The molecule has 32 heavy (non-hydrogen) atoms. The third-order valence-electron chi connectivity index (χ3n) is 5.22. The molecule has 164 valence electrons. The third-order valence-corrected chi connectivity index (χ3v) is 5.55. The summed E-state index contributed by atoms with van der Waals surface area (Å²) >= 11 is 6.13. The van der Waals surface area contributed by atoms with Gasteiger partial charge in [0.2, 0.25) is 5.91 Å². The quantitative estimate of drug-likeness (QED) is 0.427. The number of halogens is 1. The summed E-state index contributed by atoms with van der Waals surface area (Å²) in [4.78, 5) is 31.3. The summed E-state index contributed by atoms with van der Waals surface area (Å²) in [5.41, 5.74) is 2.20. The molecule has 0 aliphatic carbocycles. The largest absolute Gasteiger partial charge is 0.330 e. The molecule has 2 amide bonds. The van der Waals surface area contributed by atoms with Crippen LogP contribution in [-0.4, -0.2) is 39.4 Å². The first-order chi connectivity index (χ1) is 15.6. The Balaban J connectivity index is 1.30. The smallest absolute Gasteiger partial charge is 0.273 e. The molecule has 1 aliphatic heterocycles. The van der Waals surface area contributed by atoms with Gasteiger partial charge in [-0.3, -0.25) is 9.59 Å². The van der Waals surface area contributed by atoms with Crippen LogP contribution in [-0.2, 0) is 24.4 Å². The van der Waals surface area contributed by atoms with Gasteiger partial charge in [0.05, 0.1) is 23.5 Å². The summed E-state index contributed by atoms with van der Waals surface area (Å²) in [6.07, 6.45) is 4.95. The van der Waals surface area contributed by atoms with Crippen LogP contribution in [0.25, 0.3) is 0 Å². The average Bonchev–Trinajstić information content (AvgIpc) is 3.24. The van der Waals surface area contributed by atoms with Gasteiger partial charge in [-0.2, -0.15) is 0 Å². The van der Waals surface area contributed by atoms with Crippen LogP contribution < -0.4 is 10.6 Å². The highest BCUT2D eigenvalue weighted by Gasteiger charge is 2.24. The summed E-state index contributed by atoms with van der Waals surface area (Å²) in [6.45, 7) is 2.73. The van der Waals surface area contributed by atoms with E-state index in [1.54, 1.807) is 35.4 Å². The van der Waals surface area contributed by atoms with Crippen molar-refractivity contribution >= 4 is 29.1 Å². The van der Waals surface area contributed by atoms with E-state index in [9.17, 15) is 9.59 Å². The van der Waals surface area contributed by atoms with Crippen molar-refractivity contribution < 1.29 is 9.59 Å². The number of carbonyl (C=O) groups excluding carboxylic acids is 2. The van der Waals surface area contributed by atoms with Crippen LogP contribution in [0, 0.1) is 0 Å². The summed E-state index contributed by atoms with van der Waals surface area (Å²) < 4.78 is 1.85. The van der Waals surface area contributed by atoms with Crippen molar-refractivity contribution in [2.45, 2.75) is 19.6 Å². The molecule has 2 heterocycles. The molecule has 0 unspecified atom stereocenters. The van der Waals surface area contributed by atoms with Gasteiger partial charge in [0.15, 0.2) is 0 Å². The van der Waals surface area contributed by atoms with Crippen molar-refractivity contribution in [3.8, 4) is 0 Å². The molecule has 2 aromatic carbocycles. The lowest BCUT2D eigenvalue weighted by molar-refractivity contribution is -0.127. The minimum Gasteiger partial charge on any atom is -0.330 e. The fraction of sp³-hybridized carbons (Fsp3) is 0.208. The maximum Gasteiger partial charge on any atom is 0.273 e. The Morgan fingerprint density at radius 1 is 1.06 bits per heavy atom. The highest BCUT2D eigenvalue weighted by Crippen LogP contribution is 2.22. The van der Waals surface area contributed by atoms with Crippen LogP contribution in [0.1, 0.15) is 21.9 Å². The predicted molar refractivity (Wildman–Crippen MR) is 124 cm³/mol. The van der Waals surface area contributed by atoms with E-state index in [2.05, 4.69) is 27.8 Å². The van der Waals surface area contributed by atoms with E-state index in [1.807, 2.05) is 34.9 Å². The van der Waals surface area contributed by atoms with Gasteiger partial charge in [0, 0.05) is 32.3 Å². The van der Waals surface area contributed by atoms with E-state index >= 15 is 0 Å². The second-order valence-electron chi connectivity index (χ2n) is 7.42. The predicted octanol–water partition coefficient (Wildman–Crippen LogP) is 3.48. The molecule has 0 atom stereocenters. The molecule has 0 bridgehead atoms. The van der Waals surface area contributed by atoms with Gasteiger partial charge in [-0.15, -0.1) is 0 Å². The minimum atomic E-state index is -0.277.